The maximum absolute atomic E-state index is 12.6. The first-order valence-corrected chi connectivity index (χ1v) is 6.91. The van der Waals surface area contributed by atoms with Crippen molar-refractivity contribution in [3.63, 3.8) is 0 Å². The Balaban J connectivity index is 5.00. The van der Waals surface area contributed by atoms with Gasteiger partial charge in [-0.1, -0.05) is 27.7 Å². The zero-order valence-electron chi connectivity index (χ0n) is 13.2. The van der Waals surface area contributed by atoms with Gasteiger partial charge in [-0.15, -0.1) is 0 Å². The maximum atomic E-state index is 12.6. The van der Waals surface area contributed by atoms with Crippen molar-refractivity contribution in [1.82, 2.24) is 10.2 Å². The predicted molar refractivity (Wildman–Crippen MR) is 75.9 cm³/mol. The number of nitrogens with one attached hydrogen (secondary N) is 1. The third kappa shape index (κ3) is 5.09. The topological polar surface area (TPSA) is 58.6 Å². The average molecular weight is 272 g/mol. The van der Waals surface area contributed by atoms with Crippen molar-refractivity contribution in [3.05, 3.63) is 0 Å². The summed E-state index contributed by atoms with van der Waals surface area (Å²) in [5.74, 6) is 0.332. The molecule has 5 heteroatoms. The summed E-state index contributed by atoms with van der Waals surface area (Å²) in [4.78, 5) is 25.7. The molecule has 0 saturated carbocycles. The van der Waals surface area contributed by atoms with E-state index in [0.29, 0.717) is 12.5 Å². The molecule has 0 aromatic carbocycles. The van der Waals surface area contributed by atoms with Crippen molar-refractivity contribution in [3.8, 4) is 0 Å². The monoisotopic (exact) mass is 272 g/mol. The van der Waals surface area contributed by atoms with Crippen molar-refractivity contribution >= 4 is 12.0 Å². The molecule has 0 spiro atoms. The summed E-state index contributed by atoms with van der Waals surface area (Å²) in [6.07, 6.45) is -0.569. The molecule has 2 atom stereocenters. The van der Waals surface area contributed by atoms with Gasteiger partial charge in [0.05, 0.1) is 7.11 Å². The van der Waals surface area contributed by atoms with E-state index in [-0.39, 0.29) is 17.9 Å². The lowest BCUT2D eigenvalue weighted by molar-refractivity contribution is -0.137. The summed E-state index contributed by atoms with van der Waals surface area (Å²) < 4.78 is 4.58. The Morgan fingerprint density at radius 3 is 1.95 bits per heavy atom. The highest BCUT2D eigenvalue weighted by atomic mass is 16.5. The number of carbonyl (C=O) groups excluding carboxylic acids is 2. The first kappa shape index (κ1) is 17.7. The van der Waals surface area contributed by atoms with E-state index >= 15 is 0 Å². The smallest absolute Gasteiger partial charge is 0.407 e. The van der Waals surface area contributed by atoms with Crippen LogP contribution in [-0.4, -0.2) is 42.6 Å². The van der Waals surface area contributed by atoms with Crippen molar-refractivity contribution in [2.45, 2.75) is 53.6 Å². The Morgan fingerprint density at radius 2 is 1.63 bits per heavy atom. The minimum Gasteiger partial charge on any atom is -0.453 e. The van der Waals surface area contributed by atoms with E-state index in [1.165, 1.54) is 7.11 Å². The Kier molecular flexibility index (Phi) is 7.49. The van der Waals surface area contributed by atoms with Gasteiger partial charge in [0.1, 0.15) is 6.04 Å². The van der Waals surface area contributed by atoms with Gasteiger partial charge in [-0.3, -0.25) is 4.79 Å². The lowest BCUT2D eigenvalue weighted by Crippen LogP contribution is -2.54. The zero-order valence-corrected chi connectivity index (χ0v) is 13.2. The largest absolute Gasteiger partial charge is 0.453 e. The second-order valence-electron chi connectivity index (χ2n) is 5.47. The molecule has 0 rings (SSSR count). The molecular formula is C14H28N2O3. The number of methoxy groups -OCH3 is 1. The summed E-state index contributed by atoms with van der Waals surface area (Å²) in [5.41, 5.74) is 0. The molecule has 0 radical (unpaired) electrons. The maximum Gasteiger partial charge on any atom is 0.407 e. The van der Waals surface area contributed by atoms with Crippen LogP contribution < -0.4 is 5.32 Å². The minimum atomic E-state index is -0.569. The fourth-order valence-electron chi connectivity index (χ4n) is 1.88. The molecule has 0 aromatic rings. The van der Waals surface area contributed by atoms with Gasteiger partial charge in [0.25, 0.3) is 0 Å². The second kappa shape index (κ2) is 8.02. The van der Waals surface area contributed by atoms with Crippen LogP contribution in [0.1, 0.15) is 41.5 Å². The molecule has 0 fully saturated rings. The number of ether oxygens (including phenoxy) is 1. The van der Waals surface area contributed by atoms with Crippen LogP contribution >= 0.6 is 0 Å². The van der Waals surface area contributed by atoms with E-state index in [9.17, 15) is 9.59 Å². The van der Waals surface area contributed by atoms with E-state index in [4.69, 9.17) is 0 Å². The molecule has 112 valence electrons. The van der Waals surface area contributed by atoms with E-state index in [2.05, 4.69) is 23.9 Å². The molecule has 5 nitrogen and oxygen atoms in total. The van der Waals surface area contributed by atoms with Crippen molar-refractivity contribution in [2.75, 3.05) is 13.7 Å². The molecule has 0 aliphatic heterocycles. The van der Waals surface area contributed by atoms with E-state index in [1.54, 1.807) is 0 Å². The Labute approximate surface area is 116 Å². The van der Waals surface area contributed by atoms with E-state index in [1.807, 2.05) is 32.6 Å². The van der Waals surface area contributed by atoms with Crippen LogP contribution in [0.2, 0.25) is 0 Å². The van der Waals surface area contributed by atoms with Crippen LogP contribution in [0.4, 0.5) is 4.79 Å². The van der Waals surface area contributed by atoms with Crippen LogP contribution in [0.5, 0.6) is 0 Å². The van der Waals surface area contributed by atoms with Gasteiger partial charge >= 0.3 is 6.09 Å². The molecule has 1 N–H and O–H groups in total. The first-order chi connectivity index (χ1) is 8.76. The molecule has 0 heterocycles. The number of nitrogens with zero attached hydrogens (tertiary/aromatic N) is 1. The van der Waals surface area contributed by atoms with Gasteiger partial charge in [-0.2, -0.15) is 0 Å². The predicted octanol–water partition coefficient (Wildman–Crippen LogP) is 2.26. The molecular weight excluding hydrogens is 244 g/mol. The highest BCUT2D eigenvalue weighted by Gasteiger charge is 2.31. The van der Waals surface area contributed by atoms with Crippen LogP contribution in [0.3, 0.4) is 0 Å². The molecule has 0 saturated heterocycles. The molecule has 19 heavy (non-hydrogen) atoms. The number of hydrogen-bond acceptors (Lipinski definition) is 3. The van der Waals surface area contributed by atoms with Crippen LogP contribution in [-0.2, 0) is 9.53 Å². The van der Waals surface area contributed by atoms with Crippen molar-refractivity contribution in [2.24, 2.45) is 11.8 Å². The number of rotatable bonds is 6. The lowest BCUT2D eigenvalue weighted by Gasteiger charge is -2.35. The third-order valence-corrected chi connectivity index (χ3v) is 3.47. The van der Waals surface area contributed by atoms with E-state index in [0.717, 1.165) is 0 Å². The van der Waals surface area contributed by atoms with Crippen molar-refractivity contribution in [1.29, 1.82) is 0 Å². The summed E-state index contributed by atoms with van der Waals surface area (Å²) in [7, 11) is 1.30. The van der Waals surface area contributed by atoms with Crippen LogP contribution in [0.15, 0.2) is 0 Å². The molecule has 0 unspecified atom stereocenters. The fraction of sp³-hybridized carbons (Fsp3) is 0.857. The van der Waals surface area contributed by atoms with Crippen LogP contribution in [0, 0.1) is 11.8 Å². The highest BCUT2D eigenvalue weighted by molar-refractivity contribution is 5.86. The standard InChI is InChI=1S/C14H28N2O3/c1-8-16(11(6)9(2)3)13(17)12(10(4)5)15-14(18)19-7/h9-12H,8H2,1-7H3,(H,15,18)/t11-,12-/m0/s1. The lowest BCUT2D eigenvalue weighted by atomic mass is 9.99. The van der Waals surface area contributed by atoms with E-state index < -0.39 is 12.1 Å². The Morgan fingerprint density at radius 1 is 1.11 bits per heavy atom. The van der Waals surface area contributed by atoms with Crippen LogP contribution in [0.25, 0.3) is 0 Å². The van der Waals surface area contributed by atoms with Gasteiger partial charge in [-0.25, -0.2) is 4.79 Å². The summed E-state index contributed by atoms with van der Waals surface area (Å²) in [6, 6.07) is -0.410. The first-order valence-electron chi connectivity index (χ1n) is 6.91. The molecule has 2 amide bonds. The number of amides is 2. The molecule has 0 aliphatic carbocycles. The highest BCUT2D eigenvalue weighted by Crippen LogP contribution is 2.14. The summed E-state index contributed by atoms with van der Waals surface area (Å²) in [6.45, 7) is 12.6. The van der Waals surface area contributed by atoms with Gasteiger partial charge < -0.3 is 15.0 Å². The summed E-state index contributed by atoms with van der Waals surface area (Å²) >= 11 is 0. The zero-order chi connectivity index (χ0) is 15.2. The third-order valence-electron chi connectivity index (χ3n) is 3.47. The number of alkyl carbamates (subject to hydrolysis) is 1. The minimum absolute atomic E-state index is 0.0139. The second-order valence-corrected chi connectivity index (χ2v) is 5.47. The van der Waals surface area contributed by atoms with Gasteiger partial charge in [-0.05, 0) is 25.7 Å². The Hall–Kier alpha value is -1.26. The van der Waals surface area contributed by atoms with Gasteiger partial charge in [0.15, 0.2) is 0 Å². The summed E-state index contributed by atoms with van der Waals surface area (Å²) in [5, 5.41) is 2.62. The number of carbonyl (C=O) groups is 2. The van der Waals surface area contributed by atoms with Crippen molar-refractivity contribution < 1.29 is 14.3 Å². The van der Waals surface area contributed by atoms with Gasteiger partial charge in [0, 0.05) is 12.6 Å². The SMILES string of the molecule is CCN(C(=O)[C@@H](NC(=O)OC)C(C)C)[C@@H](C)C(C)C. The average Bonchev–Trinajstić information content (AvgIpc) is 2.35. The molecule has 0 aromatic heterocycles. The number of hydrogen-bond donors (Lipinski definition) is 1. The van der Waals surface area contributed by atoms with Gasteiger partial charge in [0.2, 0.25) is 5.91 Å². The molecule has 0 bridgehead atoms. The Bertz CT molecular complexity index is 303. The molecule has 0 aliphatic rings. The number of likely N-dealkylation sites (N-methyl/N-ethyl adjacent to an activating group) is 1. The quantitative estimate of drug-likeness (QED) is 0.807. The fourth-order valence-corrected chi connectivity index (χ4v) is 1.88. The normalized spacial score (nSPS) is 14.2.